The van der Waals surface area contributed by atoms with Crippen molar-refractivity contribution in [3.8, 4) is 0 Å². The monoisotopic (exact) mass is 195 g/mol. The molecule has 0 radical (unpaired) electrons. The average molecular weight is 195 g/mol. The van der Waals surface area contributed by atoms with Gasteiger partial charge in [-0.05, 0) is 44.2 Å². The Morgan fingerprint density at radius 3 is 2.57 bits per heavy atom. The molecule has 0 amide bonds. The molecule has 0 aromatic carbocycles. The molecule has 1 aliphatic carbocycles. The van der Waals surface area contributed by atoms with Gasteiger partial charge in [-0.2, -0.15) is 0 Å². The molecule has 14 heavy (non-hydrogen) atoms. The topological polar surface area (TPSA) is 12.0 Å². The first-order valence-electron chi connectivity index (χ1n) is 6.14. The first-order chi connectivity index (χ1) is 6.79. The van der Waals surface area contributed by atoms with E-state index in [1.165, 1.54) is 32.1 Å². The number of hydrogen-bond donors (Lipinski definition) is 1. The largest absolute Gasteiger partial charge is 0.316 e. The normalized spacial score (nSPS) is 17.1. The van der Waals surface area contributed by atoms with Crippen molar-refractivity contribution < 1.29 is 0 Å². The molecule has 0 aromatic heterocycles. The van der Waals surface area contributed by atoms with Crippen LogP contribution in [0.15, 0.2) is 12.2 Å². The highest BCUT2D eigenvalue weighted by Gasteiger charge is 2.19. The van der Waals surface area contributed by atoms with E-state index in [4.69, 9.17) is 0 Å². The molecule has 0 spiro atoms. The predicted octanol–water partition coefficient (Wildman–Crippen LogP) is 3.37. The van der Waals surface area contributed by atoms with Gasteiger partial charge in [0, 0.05) is 0 Å². The zero-order chi connectivity index (χ0) is 10.2. The van der Waals surface area contributed by atoms with Crippen molar-refractivity contribution in [2.24, 2.45) is 11.8 Å². The van der Waals surface area contributed by atoms with Crippen LogP contribution in [-0.2, 0) is 0 Å². The maximum atomic E-state index is 3.45. The number of hydrogen-bond acceptors (Lipinski definition) is 1. The Kier molecular flexibility index (Phi) is 5.93. The lowest BCUT2D eigenvalue weighted by molar-refractivity contribution is 0.556. The minimum atomic E-state index is 0.772. The lowest BCUT2D eigenvalue weighted by Gasteiger charge is -2.04. The predicted molar refractivity (Wildman–Crippen MR) is 63.4 cm³/mol. The van der Waals surface area contributed by atoms with Crippen molar-refractivity contribution in [2.45, 2.75) is 46.0 Å². The van der Waals surface area contributed by atoms with Crippen LogP contribution in [0.5, 0.6) is 0 Å². The second kappa shape index (κ2) is 7.05. The van der Waals surface area contributed by atoms with Crippen LogP contribution in [0, 0.1) is 11.8 Å². The van der Waals surface area contributed by atoms with Crippen LogP contribution >= 0.6 is 0 Å². The summed E-state index contributed by atoms with van der Waals surface area (Å²) in [5.74, 6) is 1.85. The number of rotatable bonds is 8. The minimum Gasteiger partial charge on any atom is -0.316 e. The summed E-state index contributed by atoms with van der Waals surface area (Å²) in [7, 11) is 0. The smallest absolute Gasteiger partial charge is 0.00142 e. The molecule has 1 saturated carbocycles. The van der Waals surface area contributed by atoms with E-state index in [0.717, 1.165) is 24.9 Å². The van der Waals surface area contributed by atoms with Crippen molar-refractivity contribution in [3.05, 3.63) is 12.2 Å². The van der Waals surface area contributed by atoms with Crippen molar-refractivity contribution in [2.75, 3.05) is 13.1 Å². The molecule has 0 saturated heterocycles. The van der Waals surface area contributed by atoms with Gasteiger partial charge in [-0.25, -0.2) is 0 Å². The molecule has 0 unspecified atom stereocenters. The molecule has 1 rings (SSSR count). The molecule has 0 atom stereocenters. The third-order valence-electron chi connectivity index (χ3n) is 2.65. The molecule has 0 bridgehead atoms. The van der Waals surface area contributed by atoms with Crippen molar-refractivity contribution in [1.82, 2.24) is 5.32 Å². The van der Waals surface area contributed by atoms with Crippen LogP contribution in [0.25, 0.3) is 0 Å². The van der Waals surface area contributed by atoms with Gasteiger partial charge in [0.05, 0.1) is 0 Å². The van der Waals surface area contributed by atoms with Gasteiger partial charge in [-0.3, -0.25) is 0 Å². The zero-order valence-electron chi connectivity index (χ0n) is 9.76. The molecule has 0 aliphatic heterocycles. The lowest BCUT2D eigenvalue weighted by Crippen LogP contribution is -2.20. The molecule has 1 aliphatic rings. The SMILES string of the molecule is CC(C)CNCCC=CCCC1CC1. The summed E-state index contributed by atoms with van der Waals surface area (Å²) in [6.45, 7) is 6.78. The second-order valence-electron chi connectivity index (χ2n) is 4.88. The maximum Gasteiger partial charge on any atom is -0.00142 e. The maximum absolute atomic E-state index is 3.45. The third kappa shape index (κ3) is 7.14. The van der Waals surface area contributed by atoms with Gasteiger partial charge in [0.1, 0.15) is 0 Å². The van der Waals surface area contributed by atoms with Crippen molar-refractivity contribution >= 4 is 0 Å². The van der Waals surface area contributed by atoms with Gasteiger partial charge in [0.15, 0.2) is 0 Å². The van der Waals surface area contributed by atoms with Crippen LogP contribution in [-0.4, -0.2) is 13.1 Å². The molecular formula is C13H25N. The quantitative estimate of drug-likeness (QED) is 0.462. The highest BCUT2D eigenvalue weighted by atomic mass is 14.8. The van der Waals surface area contributed by atoms with Crippen LogP contribution in [0.3, 0.4) is 0 Å². The Hall–Kier alpha value is -0.300. The zero-order valence-corrected chi connectivity index (χ0v) is 9.76. The highest BCUT2D eigenvalue weighted by molar-refractivity contribution is 4.85. The molecule has 0 aromatic rings. The Bertz CT molecular complexity index is 157. The molecule has 1 heteroatoms. The van der Waals surface area contributed by atoms with Crippen molar-refractivity contribution in [3.63, 3.8) is 0 Å². The third-order valence-corrected chi connectivity index (χ3v) is 2.65. The van der Waals surface area contributed by atoms with Crippen LogP contribution in [0.2, 0.25) is 0 Å². The van der Waals surface area contributed by atoms with E-state index in [9.17, 15) is 0 Å². The second-order valence-corrected chi connectivity index (χ2v) is 4.88. The first kappa shape index (κ1) is 11.8. The molecular weight excluding hydrogens is 170 g/mol. The Balaban J connectivity index is 1.77. The molecule has 1 N–H and O–H groups in total. The first-order valence-corrected chi connectivity index (χ1v) is 6.14. The van der Waals surface area contributed by atoms with E-state index in [0.29, 0.717) is 0 Å². The summed E-state index contributed by atoms with van der Waals surface area (Å²) in [6, 6.07) is 0. The van der Waals surface area contributed by atoms with Crippen LogP contribution in [0.4, 0.5) is 0 Å². The van der Waals surface area contributed by atoms with Crippen LogP contribution in [0.1, 0.15) is 46.0 Å². The van der Waals surface area contributed by atoms with E-state index in [1.54, 1.807) is 0 Å². The van der Waals surface area contributed by atoms with Gasteiger partial charge in [0.2, 0.25) is 0 Å². The fourth-order valence-corrected chi connectivity index (χ4v) is 1.55. The Morgan fingerprint density at radius 1 is 1.21 bits per heavy atom. The number of allylic oxidation sites excluding steroid dienone is 1. The highest BCUT2D eigenvalue weighted by Crippen LogP contribution is 2.33. The fraction of sp³-hybridized carbons (Fsp3) is 0.846. The number of nitrogens with one attached hydrogen (secondary N) is 1. The summed E-state index contributed by atoms with van der Waals surface area (Å²) in [4.78, 5) is 0. The summed E-state index contributed by atoms with van der Waals surface area (Å²) in [5, 5.41) is 3.45. The van der Waals surface area contributed by atoms with Gasteiger partial charge in [-0.1, -0.05) is 38.8 Å². The lowest BCUT2D eigenvalue weighted by atomic mass is 10.2. The minimum absolute atomic E-state index is 0.772. The summed E-state index contributed by atoms with van der Waals surface area (Å²) in [5.41, 5.74) is 0. The van der Waals surface area contributed by atoms with E-state index >= 15 is 0 Å². The van der Waals surface area contributed by atoms with Crippen molar-refractivity contribution in [1.29, 1.82) is 0 Å². The van der Waals surface area contributed by atoms with E-state index in [2.05, 4.69) is 31.3 Å². The van der Waals surface area contributed by atoms with Gasteiger partial charge in [0.25, 0.3) is 0 Å². The summed E-state index contributed by atoms with van der Waals surface area (Å²) >= 11 is 0. The van der Waals surface area contributed by atoms with Gasteiger partial charge < -0.3 is 5.32 Å². The van der Waals surface area contributed by atoms with E-state index < -0.39 is 0 Å². The van der Waals surface area contributed by atoms with Gasteiger partial charge in [-0.15, -0.1) is 0 Å². The molecule has 1 fully saturated rings. The van der Waals surface area contributed by atoms with Crippen LogP contribution < -0.4 is 5.32 Å². The summed E-state index contributed by atoms with van der Waals surface area (Å²) in [6.07, 6.45) is 11.6. The van der Waals surface area contributed by atoms with Gasteiger partial charge >= 0.3 is 0 Å². The Morgan fingerprint density at radius 2 is 1.93 bits per heavy atom. The van der Waals surface area contributed by atoms with E-state index in [1.807, 2.05) is 0 Å². The standard InChI is InChI=1S/C13H25N/c1-12(2)11-14-10-6-4-3-5-7-13-8-9-13/h3-4,12-14H,5-11H2,1-2H3. The molecule has 0 heterocycles. The fourth-order valence-electron chi connectivity index (χ4n) is 1.55. The molecule has 82 valence electrons. The average Bonchev–Trinajstić information content (AvgIpc) is 2.92. The van der Waals surface area contributed by atoms with E-state index in [-0.39, 0.29) is 0 Å². The Labute approximate surface area is 89.0 Å². The summed E-state index contributed by atoms with van der Waals surface area (Å²) < 4.78 is 0. The molecule has 1 nitrogen and oxygen atoms in total.